The van der Waals surface area contributed by atoms with E-state index in [0.29, 0.717) is 15.7 Å². The molecule has 0 radical (unpaired) electrons. The fourth-order valence-corrected chi connectivity index (χ4v) is 1.97. The molecule has 0 aromatic carbocycles. The second kappa shape index (κ2) is 3.91. The van der Waals surface area contributed by atoms with Crippen LogP contribution in [0.1, 0.15) is 6.92 Å². The highest BCUT2D eigenvalue weighted by Crippen LogP contribution is 1.96. The highest BCUT2D eigenvalue weighted by atomic mass is 32.1. The molecule has 14 heavy (non-hydrogen) atoms. The molecule has 1 aromatic heterocycles. The number of aromatic nitrogens is 1. The van der Waals surface area contributed by atoms with Crippen molar-refractivity contribution in [1.29, 1.82) is 0 Å². The summed E-state index contributed by atoms with van der Waals surface area (Å²) in [5.41, 5.74) is -0.211. The normalized spacial score (nSPS) is 9.07. The van der Waals surface area contributed by atoms with Gasteiger partial charge in [0.15, 0.2) is 4.66 Å². The van der Waals surface area contributed by atoms with Crippen LogP contribution in [-0.2, 0) is 6.54 Å². The van der Waals surface area contributed by atoms with Crippen LogP contribution in [0.3, 0.4) is 0 Å². The van der Waals surface area contributed by atoms with Gasteiger partial charge in [0.2, 0.25) is 0 Å². The molecule has 4 nitrogen and oxygen atoms in total. The van der Waals surface area contributed by atoms with E-state index in [1.54, 1.807) is 6.92 Å². The van der Waals surface area contributed by atoms with E-state index >= 15 is 0 Å². The van der Waals surface area contributed by atoms with Crippen LogP contribution in [0.25, 0.3) is 22.1 Å². The van der Waals surface area contributed by atoms with Gasteiger partial charge >= 0.3 is 5.82 Å². The standard InChI is InChI=1S/C9H7N3OS/c1-5-12-8(13)6(2)14-9(12)7(10-3)11-4/h2,5H2,1H3. The fraction of sp³-hybridized carbons (Fsp3) is 0.222. The second-order valence-electron chi connectivity index (χ2n) is 2.43. The number of thiazole rings is 1. The van der Waals surface area contributed by atoms with E-state index < -0.39 is 0 Å². The van der Waals surface area contributed by atoms with Gasteiger partial charge in [-0.25, -0.2) is 0 Å². The van der Waals surface area contributed by atoms with Gasteiger partial charge in [0.25, 0.3) is 5.56 Å². The summed E-state index contributed by atoms with van der Waals surface area (Å²) in [4.78, 5) is 17.6. The Labute approximate surface area is 84.7 Å². The van der Waals surface area contributed by atoms with Crippen molar-refractivity contribution in [3.8, 4) is 0 Å². The van der Waals surface area contributed by atoms with Crippen LogP contribution >= 0.6 is 11.3 Å². The van der Waals surface area contributed by atoms with E-state index in [1.165, 1.54) is 4.57 Å². The molecule has 0 saturated carbocycles. The lowest BCUT2D eigenvalue weighted by atomic mass is 10.6. The molecular formula is C9H7N3OS. The van der Waals surface area contributed by atoms with Gasteiger partial charge in [-0.3, -0.25) is 4.79 Å². The van der Waals surface area contributed by atoms with Gasteiger partial charge in [-0.2, -0.15) is 9.69 Å². The van der Waals surface area contributed by atoms with Crippen LogP contribution in [0, 0.1) is 13.1 Å². The van der Waals surface area contributed by atoms with Crippen LogP contribution in [0.2, 0.25) is 0 Å². The van der Waals surface area contributed by atoms with Crippen LogP contribution in [0.15, 0.2) is 4.79 Å². The summed E-state index contributed by atoms with van der Waals surface area (Å²) in [5, 5.41) is 0. The maximum Gasteiger partial charge on any atom is 0.553 e. The highest BCUT2D eigenvalue weighted by Gasteiger charge is 2.12. The lowest BCUT2D eigenvalue weighted by molar-refractivity contribution is 0.722. The molecular weight excluding hydrogens is 198 g/mol. The average Bonchev–Trinajstić information content (AvgIpc) is 2.45. The SMILES string of the molecule is [C-]#[N+]C([N+]#[C-])=c1sc(=C)c(=O)n1CC. The number of rotatable bonds is 1. The van der Waals surface area contributed by atoms with Crippen molar-refractivity contribution in [3.05, 3.63) is 42.4 Å². The molecule has 0 fully saturated rings. The molecule has 5 heteroatoms. The molecule has 0 bridgehead atoms. The summed E-state index contributed by atoms with van der Waals surface area (Å²) >= 11 is 1.10. The van der Waals surface area contributed by atoms with Gasteiger partial charge in [-0.1, -0.05) is 6.58 Å². The Bertz CT molecular complexity index is 578. The fourth-order valence-electron chi connectivity index (χ4n) is 1.03. The zero-order chi connectivity index (χ0) is 10.7. The van der Waals surface area contributed by atoms with Crippen molar-refractivity contribution in [2.24, 2.45) is 0 Å². The lowest BCUT2D eigenvalue weighted by Crippen LogP contribution is -2.30. The smallest absolute Gasteiger partial charge is 0.302 e. The topological polar surface area (TPSA) is 30.7 Å². The summed E-state index contributed by atoms with van der Waals surface area (Å²) in [6.07, 6.45) is 0. The molecule has 1 heterocycles. The Kier molecular flexibility index (Phi) is 2.85. The zero-order valence-electron chi connectivity index (χ0n) is 7.57. The Hall–Kier alpha value is -1.85. The minimum absolute atomic E-state index is 0.0659. The predicted molar refractivity (Wildman–Crippen MR) is 55.6 cm³/mol. The minimum atomic E-state index is -0.211. The van der Waals surface area contributed by atoms with Crippen LogP contribution in [0.5, 0.6) is 0 Å². The second-order valence-corrected chi connectivity index (χ2v) is 3.51. The molecule has 0 aliphatic carbocycles. The van der Waals surface area contributed by atoms with Crippen LogP contribution in [-0.4, -0.2) is 4.57 Å². The molecule has 0 saturated heterocycles. The third-order valence-electron chi connectivity index (χ3n) is 1.67. The largest absolute Gasteiger partial charge is 0.553 e. The molecule has 0 aliphatic rings. The summed E-state index contributed by atoms with van der Waals surface area (Å²) in [7, 11) is 0. The van der Waals surface area contributed by atoms with Gasteiger partial charge in [-0.05, 0) is 6.92 Å². The molecule has 0 N–H and O–H groups in total. The summed E-state index contributed by atoms with van der Waals surface area (Å²) in [6, 6.07) is 0. The first-order chi connectivity index (χ1) is 6.65. The highest BCUT2D eigenvalue weighted by molar-refractivity contribution is 7.07. The first-order valence-corrected chi connectivity index (χ1v) is 4.65. The molecule has 70 valence electrons. The molecule has 0 amide bonds. The van der Waals surface area contributed by atoms with Gasteiger partial charge < -0.3 is 4.57 Å². The molecule has 1 aromatic rings. The summed E-state index contributed by atoms with van der Waals surface area (Å²) < 4.78 is 2.18. The Balaban J connectivity index is 3.88. The van der Waals surface area contributed by atoms with E-state index in [4.69, 9.17) is 13.1 Å². The number of nitrogens with zero attached hydrogens (tertiary/aromatic N) is 3. The van der Waals surface area contributed by atoms with E-state index in [2.05, 4.69) is 16.3 Å². The number of hydrogen-bond acceptors (Lipinski definition) is 2. The molecule has 0 spiro atoms. The minimum Gasteiger partial charge on any atom is -0.302 e. The Morgan fingerprint density at radius 3 is 2.57 bits per heavy atom. The maximum absolute atomic E-state index is 11.4. The van der Waals surface area contributed by atoms with Crippen molar-refractivity contribution in [2.45, 2.75) is 13.5 Å². The quantitative estimate of drug-likeness (QED) is 0.604. The first kappa shape index (κ1) is 10.2. The van der Waals surface area contributed by atoms with Crippen molar-refractivity contribution in [2.75, 3.05) is 0 Å². The van der Waals surface area contributed by atoms with Crippen LogP contribution in [0.4, 0.5) is 0 Å². The van der Waals surface area contributed by atoms with Crippen LogP contribution < -0.4 is 14.8 Å². The van der Waals surface area contributed by atoms with Gasteiger partial charge in [0.1, 0.15) is 13.1 Å². The van der Waals surface area contributed by atoms with Crippen molar-refractivity contribution < 1.29 is 0 Å². The van der Waals surface area contributed by atoms with Gasteiger partial charge in [0.05, 0.1) is 4.53 Å². The monoisotopic (exact) mass is 205 g/mol. The van der Waals surface area contributed by atoms with Gasteiger partial charge in [-0.15, -0.1) is 11.3 Å². The van der Waals surface area contributed by atoms with Crippen molar-refractivity contribution in [3.63, 3.8) is 0 Å². The van der Waals surface area contributed by atoms with Crippen molar-refractivity contribution >= 4 is 23.7 Å². The molecule has 0 atom stereocenters. The third-order valence-corrected chi connectivity index (χ3v) is 2.69. The maximum atomic E-state index is 11.4. The molecule has 0 unspecified atom stereocenters. The van der Waals surface area contributed by atoms with E-state index in [1.807, 2.05) is 0 Å². The van der Waals surface area contributed by atoms with E-state index in [9.17, 15) is 4.79 Å². The van der Waals surface area contributed by atoms with E-state index in [0.717, 1.165) is 11.3 Å². The Morgan fingerprint density at radius 2 is 2.14 bits per heavy atom. The first-order valence-electron chi connectivity index (χ1n) is 3.83. The van der Waals surface area contributed by atoms with E-state index in [-0.39, 0.29) is 11.4 Å². The zero-order valence-corrected chi connectivity index (χ0v) is 8.39. The summed E-state index contributed by atoms with van der Waals surface area (Å²) in [6.45, 7) is 19.4. The van der Waals surface area contributed by atoms with Crippen molar-refractivity contribution in [1.82, 2.24) is 4.57 Å². The molecule has 1 rings (SSSR count). The average molecular weight is 205 g/mol. The Morgan fingerprint density at radius 1 is 1.57 bits per heavy atom. The number of hydrogen-bond donors (Lipinski definition) is 0. The van der Waals surface area contributed by atoms with Gasteiger partial charge in [0, 0.05) is 6.54 Å². The third kappa shape index (κ3) is 1.46. The lowest BCUT2D eigenvalue weighted by Gasteiger charge is -1.90. The predicted octanol–water partition coefficient (Wildman–Crippen LogP) is 0.244. The molecule has 0 aliphatic heterocycles. The summed E-state index contributed by atoms with van der Waals surface area (Å²) in [5.74, 6) is -0.0659.